The highest BCUT2D eigenvalue weighted by Crippen LogP contribution is 2.22. The molecule has 0 saturated carbocycles. The van der Waals surface area contributed by atoms with E-state index in [0.717, 1.165) is 4.90 Å². The third-order valence-electron chi connectivity index (χ3n) is 3.17. The number of morpholine rings is 1. The fraction of sp³-hybridized carbons (Fsp3) is 0.429. The average Bonchev–Trinajstić information content (AvgIpc) is 2.46. The summed E-state index contributed by atoms with van der Waals surface area (Å²) < 4.78 is 5.38. The molecular weight excluding hydrogens is 278 g/mol. The highest BCUT2D eigenvalue weighted by atomic mass is 32.2. The molecule has 1 fully saturated rings. The Morgan fingerprint density at radius 3 is 2.90 bits per heavy atom. The molecule has 1 heterocycles. The Morgan fingerprint density at radius 1 is 1.45 bits per heavy atom. The predicted molar refractivity (Wildman–Crippen MR) is 76.1 cm³/mol. The Labute approximate surface area is 121 Å². The van der Waals surface area contributed by atoms with Gasteiger partial charge in [-0.1, -0.05) is 12.1 Å². The lowest BCUT2D eigenvalue weighted by Crippen LogP contribution is -2.46. The lowest BCUT2D eigenvalue weighted by Gasteiger charge is -2.32. The van der Waals surface area contributed by atoms with Crippen LogP contribution in [-0.2, 0) is 9.53 Å². The molecule has 6 heteroatoms. The number of carbonyl (C=O) groups excluding carboxylic acids is 1. The summed E-state index contributed by atoms with van der Waals surface area (Å²) in [6, 6.07) is 7.44. The number of aliphatic carboxylic acids is 1. The van der Waals surface area contributed by atoms with E-state index in [2.05, 4.69) is 0 Å². The van der Waals surface area contributed by atoms with Crippen LogP contribution in [0.2, 0.25) is 0 Å². The second-order valence-corrected chi connectivity index (χ2v) is 5.39. The van der Waals surface area contributed by atoms with Gasteiger partial charge in [0.2, 0.25) is 0 Å². The molecule has 0 radical (unpaired) electrons. The Balaban J connectivity index is 2.10. The average molecular weight is 295 g/mol. The van der Waals surface area contributed by atoms with Crippen molar-refractivity contribution in [3.8, 4) is 0 Å². The summed E-state index contributed by atoms with van der Waals surface area (Å²) in [5.41, 5.74) is 0.663. The van der Waals surface area contributed by atoms with Crippen molar-refractivity contribution in [2.45, 2.75) is 17.4 Å². The van der Waals surface area contributed by atoms with Crippen molar-refractivity contribution >= 4 is 23.6 Å². The van der Waals surface area contributed by atoms with E-state index in [1.807, 2.05) is 24.5 Å². The topological polar surface area (TPSA) is 66.8 Å². The van der Waals surface area contributed by atoms with Gasteiger partial charge in [-0.2, -0.15) is 0 Å². The van der Waals surface area contributed by atoms with Gasteiger partial charge in [-0.25, -0.2) is 0 Å². The quantitative estimate of drug-likeness (QED) is 0.857. The number of rotatable bonds is 4. The van der Waals surface area contributed by atoms with Crippen molar-refractivity contribution in [3.63, 3.8) is 0 Å². The summed E-state index contributed by atoms with van der Waals surface area (Å²) >= 11 is 1.53. The minimum absolute atomic E-state index is 0.0614. The SMILES string of the molecule is CSc1ccccc1C(=O)N1CCOC(CC(=O)O)C1. The van der Waals surface area contributed by atoms with E-state index in [1.54, 1.807) is 11.0 Å². The largest absolute Gasteiger partial charge is 0.481 e. The van der Waals surface area contributed by atoms with Crippen molar-refractivity contribution in [2.24, 2.45) is 0 Å². The third kappa shape index (κ3) is 3.52. The molecule has 20 heavy (non-hydrogen) atoms. The van der Waals surface area contributed by atoms with Crippen LogP contribution in [0.3, 0.4) is 0 Å². The molecule has 1 saturated heterocycles. The molecule has 0 aromatic heterocycles. The summed E-state index contributed by atoms with van der Waals surface area (Å²) in [5.74, 6) is -0.970. The highest BCUT2D eigenvalue weighted by Gasteiger charge is 2.27. The number of ether oxygens (including phenoxy) is 1. The number of benzene rings is 1. The minimum atomic E-state index is -0.909. The van der Waals surface area contributed by atoms with Crippen LogP contribution >= 0.6 is 11.8 Å². The fourth-order valence-electron chi connectivity index (χ4n) is 2.21. The predicted octanol–water partition coefficient (Wildman–Crippen LogP) is 1.72. The van der Waals surface area contributed by atoms with E-state index < -0.39 is 12.1 Å². The minimum Gasteiger partial charge on any atom is -0.481 e. The number of hydrogen-bond acceptors (Lipinski definition) is 4. The summed E-state index contributed by atoms with van der Waals surface area (Å²) in [5, 5.41) is 8.80. The van der Waals surface area contributed by atoms with Crippen molar-refractivity contribution in [1.82, 2.24) is 4.90 Å². The molecule has 1 aliphatic rings. The maximum Gasteiger partial charge on any atom is 0.306 e. The summed E-state index contributed by atoms with van der Waals surface area (Å²) in [6.45, 7) is 1.20. The highest BCUT2D eigenvalue weighted by molar-refractivity contribution is 7.98. The molecule has 1 aromatic rings. The molecule has 1 amide bonds. The number of thioether (sulfide) groups is 1. The summed E-state index contributed by atoms with van der Waals surface area (Å²) in [7, 11) is 0. The van der Waals surface area contributed by atoms with E-state index >= 15 is 0 Å². The van der Waals surface area contributed by atoms with E-state index in [9.17, 15) is 9.59 Å². The molecule has 5 nitrogen and oxygen atoms in total. The zero-order valence-electron chi connectivity index (χ0n) is 11.2. The number of amides is 1. The van der Waals surface area contributed by atoms with Crippen molar-refractivity contribution in [3.05, 3.63) is 29.8 Å². The third-order valence-corrected chi connectivity index (χ3v) is 3.96. The Hall–Kier alpha value is -1.53. The summed E-state index contributed by atoms with van der Waals surface area (Å²) in [6.07, 6.45) is 1.43. The van der Waals surface area contributed by atoms with E-state index in [4.69, 9.17) is 9.84 Å². The monoisotopic (exact) mass is 295 g/mol. The van der Waals surface area contributed by atoms with Crippen molar-refractivity contribution in [1.29, 1.82) is 0 Å². The van der Waals surface area contributed by atoms with Gasteiger partial charge in [0, 0.05) is 18.0 Å². The van der Waals surface area contributed by atoms with Crippen LogP contribution in [-0.4, -0.2) is 53.9 Å². The van der Waals surface area contributed by atoms with Gasteiger partial charge in [0.05, 0.1) is 24.7 Å². The number of carboxylic acids is 1. The van der Waals surface area contributed by atoms with E-state index in [1.165, 1.54) is 11.8 Å². The molecule has 108 valence electrons. The maximum absolute atomic E-state index is 12.5. The molecule has 1 atom stereocenters. The molecule has 1 aliphatic heterocycles. The Kier molecular flexibility index (Phi) is 5.03. The molecule has 1 unspecified atom stereocenters. The standard InChI is InChI=1S/C14H17NO4S/c1-20-12-5-3-2-4-11(12)14(18)15-6-7-19-10(9-15)8-13(16)17/h2-5,10H,6-9H2,1H3,(H,16,17). The van der Waals surface area contributed by atoms with Gasteiger partial charge < -0.3 is 14.7 Å². The summed E-state index contributed by atoms with van der Waals surface area (Å²) in [4.78, 5) is 25.9. The van der Waals surface area contributed by atoms with Crippen LogP contribution in [0.5, 0.6) is 0 Å². The lowest BCUT2D eigenvalue weighted by atomic mass is 10.1. The van der Waals surface area contributed by atoms with Gasteiger partial charge in [-0.3, -0.25) is 9.59 Å². The fourth-order valence-corrected chi connectivity index (χ4v) is 2.80. The second-order valence-electron chi connectivity index (χ2n) is 4.54. The number of nitrogens with zero attached hydrogens (tertiary/aromatic N) is 1. The Bertz CT molecular complexity index is 506. The number of carbonyl (C=O) groups is 2. The molecular formula is C14H17NO4S. The van der Waals surface area contributed by atoms with Gasteiger partial charge in [-0.05, 0) is 18.4 Å². The second kappa shape index (κ2) is 6.76. The van der Waals surface area contributed by atoms with Gasteiger partial charge in [0.15, 0.2) is 0 Å². The van der Waals surface area contributed by atoms with Crippen LogP contribution in [0.15, 0.2) is 29.2 Å². The molecule has 2 rings (SSSR count). The first-order valence-corrected chi connectivity index (χ1v) is 7.60. The van der Waals surface area contributed by atoms with Crippen LogP contribution < -0.4 is 0 Å². The molecule has 1 N–H and O–H groups in total. The van der Waals surface area contributed by atoms with Crippen LogP contribution in [0.4, 0.5) is 0 Å². The maximum atomic E-state index is 12.5. The van der Waals surface area contributed by atoms with Crippen LogP contribution in [0.1, 0.15) is 16.8 Å². The molecule has 0 spiro atoms. The zero-order valence-corrected chi connectivity index (χ0v) is 12.1. The first kappa shape index (κ1) is 14.9. The van der Waals surface area contributed by atoms with Crippen LogP contribution in [0, 0.1) is 0 Å². The number of hydrogen-bond donors (Lipinski definition) is 1. The zero-order chi connectivity index (χ0) is 14.5. The lowest BCUT2D eigenvalue weighted by molar-refractivity contribution is -0.141. The van der Waals surface area contributed by atoms with Crippen molar-refractivity contribution < 1.29 is 19.4 Å². The van der Waals surface area contributed by atoms with Gasteiger partial charge in [0.1, 0.15) is 0 Å². The smallest absolute Gasteiger partial charge is 0.306 e. The normalized spacial score (nSPS) is 18.9. The first-order chi connectivity index (χ1) is 9.61. The number of carboxylic acid groups (broad SMARTS) is 1. The molecule has 0 aliphatic carbocycles. The Morgan fingerprint density at radius 2 is 2.20 bits per heavy atom. The first-order valence-electron chi connectivity index (χ1n) is 6.37. The van der Waals surface area contributed by atoms with Gasteiger partial charge >= 0.3 is 5.97 Å². The van der Waals surface area contributed by atoms with Gasteiger partial charge in [-0.15, -0.1) is 11.8 Å². The van der Waals surface area contributed by atoms with Crippen LogP contribution in [0.25, 0.3) is 0 Å². The van der Waals surface area contributed by atoms with E-state index in [0.29, 0.717) is 25.3 Å². The van der Waals surface area contributed by atoms with E-state index in [-0.39, 0.29) is 12.3 Å². The molecule has 1 aromatic carbocycles. The van der Waals surface area contributed by atoms with Gasteiger partial charge in [0.25, 0.3) is 5.91 Å². The van der Waals surface area contributed by atoms with Crippen molar-refractivity contribution in [2.75, 3.05) is 26.0 Å². The molecule has 0 bridgehead atoms.